The fraction of sp³-hybridized carbons (Fsp3) is 0.429. The second-order valence-corrected chi connectivity index (χ2v) is 2.36. The zero-order valence-electron chi connectivity index (χ0n) is 6.09. The normalized spacial score (nSPS) is 24.0. The standard InChI is InChI=1S/C7H10N2O2/c1-2-6(10)5-3-4-8-9-7(5)11/h2,5,8H,1,3-4H2,(H,9,11). The highest BCUT2D eigenvalue weighted by Crippen LogP contribution is 2.07. The van der Waals surface area contributed by atoms with Gasteiger partial charge in [-0.3, -0.25) is 15.0 Å². The molecule has 1 aliphatic heterocycles. The fourth-order valence-electron chi connectivity index (χ4n) is 0.998. The van der Waals surface area contributed by atoms with Crippen molar-refractivity contribution in [3.8, 4) is 0 Å². The molecule has 1 heterocycles. The van der Waals surface area contributed by atoms with Crippen LogP contribution >= 0.6 is 0 Å². The minimum absolute atomic E-state index is 0.205. The van der Waals surface area contributed by atoms with Crippen molar-refractivity contribution in [1.82, 2.24) is 10.9 Å². The number of nitrogens with one attached hydrogen (secondary N) is 2. The molecule has 1 unspecified atom stereocenters. The summed E-state index contributed by atoms with van der Waals surface area (Å²) in [5, 5.41) is 0. The Labute approximate surface area is 64.6 Å². The molecule has 2 N–H and O–H groups in total. The summed E-state index contributed by atoms with van der Waals surface area (Å²) < 4.78 is 0. The largest absolute Gasteiger partial charge is 0.294 e. The number of hydrogen-bond acceptors (Lipinski definition) is 3. The van der Waals surface area contributed by atoms with Gasteiger partial charge in [0.25, 0.3) is 0 Å². The lowest BCUT2D eigenvalue weighted by Gasteiger charge is -2.19. The fourth-order valence-corrected chi connectivity index (χ4v) is 0.998. The third kappa shape index (κ3) is 1.65. The number of ketones is 1. The molecule has 1 atom stereocenters. The Morgan fingerprint density at radius 1 is 1.73 bits per heavy atom. The summed E-state index contributed by atoms with van der Waals surface area (Å²) in [6, 6.07) is 0. The number of allylic oxidation sites excluding steroid dienone is 1. The van der Waals surface area contributed by atoms with Gasteiger partial charge in [-0.15, -0.1) is 0 Å². The topological polar surface area (TPSA) is 58.2 Å². The van der Waals surface area contributed by atoms with Crippen LogP contribution in [0.3, 0.4) is 0 Å². The summed E-state index contributed by atoms with van der Waals surface area (Å²) in [7, 11) is 0. The Balaban J connectivity index is 2.61. The zero-order valence-corrected chi connectivity index (χ0v) is 6.09. The van der Waals surface area contributed by atoms with Crippen LogP contribution in [0.15, 0.2) is 12.7 Å². The van der Waals surface area contributed by atoms with E-state index in [2.05, 4.69) is 17.4 Å². The van der Waals surface area contributed by atoms with Gasteiger partial charge in [0.1, 0.15) is 5.92 Å². The molecule has 60 valence electrons. The molecule has 1 fully saturated rings. The lowest BCUT2D eigenvalue weighted by Crippen LogP contribution is -2.49. The number of carbonyl (C=O) groups is 2. The Morgan fingerprint density at radius 3 is 3.00 bits per heavy atom. The molecule has 4 nitrogen and oxygen atoms in total. The van der Waals surface area contributed by atoms with E-state index in [1.807, 2.05) is 0 Å². The van der Waals surface area contributed by atoms with Gasteiger partial charge in [0.2, 0.25) is 5.91 Å². The summed E-state index contributed by atoms with van der Waals surface area (Å²) in [4.78, 5) is 21.9. The van der Waals surface area contributed by atoms with Gasteiger partial charge in [-0.05, 0) is 12.5 Å². The van der Waals surface area contributed by atoms with Crippen LogP contribution in [0.1, 0.15) is 6.42 Å². The molecule has 1 saturated heterocycles. The first kappa shape index (κ1) is 7.94. The Bertz CT molecular complexity index is 201. The SMILES string of the molecule is C=CC(=O)C1CCNNC1=O. The molecule has 0 aliphatic carbocycles. The molecular weight excluding hydrogens is 144 g/mol. The van der Waals surface area contributed by atoms with Crippen molar-refractivity contribution in [1.29, 1.82) is 0 Å². The van der Waals surface area contributed by atoms with E-state index in [9.17, 15) is 9.59 Å². The minimum atomic E-state index is -0.534. The Hall–Kier alpha value is -1.16. The van der Waals surface area contributed by atoms with Crippen LogP contribution in [0.4, 0.5) is 0 Å². The number of hydrogen-bond donors (Lipinski definition) is 2. The highest BCUT2D eigenvalue weighted by molar-refractivity contribution is 6.06. The summed E-state index contributed by atoms with van der Waals surface area (Å²) in [5.74, 6) is -1.00. The number of rotatable bonds is 2. The monoisotopic (exact) mass is 154 g/mol. The molecule has 1 rings (SSSR count). The summed E-state index contributed by atoms with van der Waals surface area (Å²) >= 11 is 0. The average molecular weight is 154 g/mol. The van der Waals surface area contributed by atoms with Crippen molar-refractivity contribution >= 4 is 11.7 Å². The first-order valence-corrected chi connectivity index (χ1v) is 3.44. The van der Waals surface area contributed by atoms with Gasteiger partial charge >= 0.3 is 0 Å². The highest BCUT2D eigenvalue weighted by Gasteiger charge is 2.26. The minimum Gasteiger partial charge on any atom is -0.294 e. The Morgan fingerprint density at radius 2 is 2.45 bits per heavy atom. The lowest BCUT2D eigenvalue weighted by molar-refractivity contribution is -0.134. The van der Waals surface area contributed by atoms with Crippen molar-refractivity contribution in [3.05, 3.63) is 12.7 Å². The first-order chi connectivity index (χ1) is 5.25. The van der Waals surface area contributed by atoms with Gasteiger partial charge in [-0.2, -0.15) is 0 Å². The second kappa shape index (κ2) is 3.30. The van der Waals surface area contributed by atoms with E-state index in [0.29, 0.717) is 13.0 Å². The first-order valence-electron chi connectivity index (χ1n) is 3.44. The quantitative estimate of drug-likeness (QED) is 0.412. The van der Waals surface area contributed by atoms with Crippen LogP contribution in [-0.2, 0) is 9.59 Å². The van der Waals surface area contributed by atoms with Crippen molar-refractivity contribution in [3.63, 3.8) is 0 Å². The molecule has 1 aliphatic rings. The summed E-state index contributed by atoms with van der Waals surface area (Å²) in [5.41, 5.74) is 5.05. The van der Waals surface area contributed by atoms with Crippen LogP contribution in [0.5, 0.6) is 0 Å². The van der Waals surface area contributed by atoms with Gasteiger partial charge in [0.15, 0.2) is 5.78 Å². The van der Waals surface area contributed by atoms with Crippen molar-refractivity contribution < 1.29 is 9.59 Å². The molecule has 0 bridgehead atoms. The second-order valence-electron chi connectivity index (χ2n) is 2.36. The molecule has 0 radical (unpaired) electrons. The van der Waals surface area contributed by atoms with Crippen molar-refractivity contribution in [2.45, 2.75) is 6.42 Å². The predicted octanol–water partition coefficient (Wildman–Crippen LogP) is -0.618. The molecule has 0 aromatic rings. The average Bonchev–Trinajstić information content (AvgIpc) is 2.04. The zero-order chi connectivity index (χ0) is 8.27. The van der Waals surface area contributed by atoms with Crippen LogP contribution in [0, 0.1) is 5.92 Å². The van der Waals surface area contributed by atoms with E-state index in [0.717, 1.165) is 0 Å². The number of amides is 1. The highest BCUT2D eigenvalue weighted by atomic mass is 16.2. The molecular formula is C7H10N2O2. The van der Waals surface area contributed by atoms with Gasteiger partial charge in [0, 0.05) is 6.54 Å². The smallest absolute Gasteiger partial charge is 0.245 e. The molecule has 4 heteroatoms. The van der Waals surface area contributed by atoms with Crippen LogP contribution in [-0.4, -0.2) is 18.2 Å². The molecule has 11 heavy (non-hydrogen) atoms. The molecule has 0 aromatic heterocycles. The number of carbonyl (C=O) groups excluding carboxylic acids is 2. The van der Waals surface area contributed by atoms with Crippen molar-refractivity contribution in [2.75, 3.05) is 6.54 Å². The molecule has 1 amide bonds. The molecule has 0 spiro atoms. The van der Waals surface area contributed by atoms with Gasteiger partial charge in [-0.25, -0.2) is 5.43 Å². The third-order valence-electron chi connectivity index (χ3n) is 1.63. The lowest BCUT2D eigenvalue weighted by atomic mass is 9.98. The summed E-state index contributed by atoms with van der Waals surface area (Å²) in [6.45, 7) is 3.96. The van der Waals surface area contributed by atoms with E-state index < -0.39 is 5.92 Å². The van der Waals surface area contributed by atoms with Crippen LogP contribution in [0.25, 0.3) is 0 Å². The maximum absolute atomic E-state index is 11.0. The van der Waals surface area contributed by atoms with E-state index >= 15 is 0 Å². The van der Waals surface area contributed by atoms with E-state index in [1.54, 1.807) is 0 Å². The van der Waals surface area contributed by atoms with Crippen molar-refractivity contribution in [2.24, 2.45) is 5.92 Å². The maximum atomic E-state index is 11.0. The summed E-state index contributed by atoms with van der Waals surface area (Å²) in [6.07, 6.45) is 1.74. The number of hydrazine groups is 1. The Kier molecular flexibility index (Phi) is 2.38. The van der Waals surface area contributed by atoms with Gasteiger partial charge in [0.05, 0.1) is 0 Å². The van der Waals surface area contributed by atoms with Gasteiger partial charge < -0.3 is 0 Å². The van der Waals surface area contributed by atoms with Crippen LogP contribution < -0.4 is 10.9 Å². The van der Waals surface area contributed by atoms with Gasteiger partial charge in [-0.1, -0.05) is 6.58 Å². The molecule has 0 saturated carbocycles. The molecule has 0 aromatic carbocycles. The third-order valence-corrected chi connectivity index (χ3v) is 1.63. The van der Waals surface area contributed by atoms with E-state index in [4.69, 9.17) is 0 Å². The predicted molar refractivity (Wildman–Crippen MR) is 39.5 cm³/mol. The van der Waals surface area contributed by atoms with Crippen LogP contribution in [0.2, 0.25) is 0 Å². The van der Waals surface area contributed by atoms with E-state index in [-0.39, 0.29) is 11.7 Å². The maximum Gasteiger partial charge on any atom is 0.245 e. The van der Waals surface area contributed by atoms with E-state index in [1.165, 1.54) is 6.08 Å².